The van der Waals surface area contributed by atoms with Gasteiger partial charge < -0.3 is 10.2 Å². The van der Waals surface area contributed by atoms with Gasteiger partial charge in [-0.3, -0.25) is 0 Å². The molecule has 0 saturated heterocycles. The van der Waals surface area contributed by atoms with E-state index in [1.54, 1.807) is 13.0 Å². The van der Waals surface area contributed by atoms with E-state index in [0.717, 1.165) is 18.4 Å². The van der Waals surface area contributed by atoms with Gasteiger partial charge >= 0.3 is 0 Å². The largest absolute Gasteiger partial charge is 0.505 e. The molecule has 0 spiro atoms. The van der Waals surface area contributed by atoms with E-state index in [1.165, 1.54) is 6.07 Å². The van der Waals surface area contributed by atoms with Crippen LogP contribution in [0.4, 0.5) is 4.39 Å². The smallest absolute Gasteiger partial charge is 0.165 e. The van der Waals surface area contributed by atoms with Gasteiger partial charge in [-0.1, -0.05) is 6.07 Å². The molecule has 0 amide bonds. The average molecular weight is 196 g/mol. The van der Waals surface area contributed by atoms with Crippen LogP contribution in [-0.2, 0) is 6.42 Å². The van der Waals surface area contributed by atoms with Crippen molar-refractivity contribution in [2.24, 2.45) is 0 Å². The molecule has 3 heteroatoms. The molecule has 1 aliphatic rings. The maximum atomic E-state index is 13.0. The van der Waals surface area contributed by atoms with Crippen LogP contribution < -0.4 is 0 Å². The Kier molecular flexibility index (Phi) is 2.00. The van der Waals surface area contributed by atoms with Gasteiger partial charge in [-0.15, -0.1) is 0 Å². The number of aryl methyl sites for hydroxylation is 1. The molecule has 0 atom stereocenters. The predicted octanol–water partition coefficient (Wildman–Crippen LogP) is 1.91. The Hall–Kier alpha value is -1.09. The molecule has 76 valence electrons. The highest BCUT2D eigenvalue weighted by molar-refractivity contribution is 5.41. The Balaban J connectivity index is 2.35. The molecule has 2 rings (SSSR count). The van der Waals surface area contributed by atoms with Crippen LogP contribution in [0.3, 0.4) is 0 Å². The summed E-state index contributed by atoms with van der Waals surface area (Å²) < 4.78 is 13.0. The number of aromatic hydroxyl groups is 1. The molecule has 1 aliphatic carbocycles. The van der Waals surface area contributed by atoms with Crippen LogP contribution in [0.25, 0.3) is 0 Å². The van der Waals surface area contributed by atoms with Crippen molar-refractivity contribution in [3.05, 3.63) is 29.1 Å². The SMILES string of the molecule is Cc1ccc(F)c(O)c1CC1(O)CC1. The summed E-state index contributed by atoms with van der Waals surface area (Å²) in [4.78, 5) is 0. The second-order valence-corrected chi connectivity index (χ2v) is 4.09. The van der Waals surface area contributed by atoms with Crippen molar-refractivity contribution >= 4 is 0 Å². The maximum absolute atomic E-state index is 13.0. The lowest BCUT2D eigenvalue weighted by Gasteiger charge is -2.12. The summed E-state index contributed by atoms with van der Waals surface area (Å²) in [7, 11) is 0. The van der Waals surface area contributed by atoms with Gasteiger partial charge in [0.1, 0.15) is 0 Å². The van der Waals surface area contributed by atoms with E-state index in [-0.39, 0.29) is 5.75 Å². The number of aliphatic hydroxyl groups is 1. The molecular formula is C11H13FO2. The van der Waals surface area contributed by atoms with Crippen LogP contribution in [0.2, 0.25) is 0 Å². The second kappa shape index (κ2) is 2.95. The first-order chi connectivity index (χ1) is 6.52. The number of halogens is 1. The van der Waals surface area contributed by atoms with Crippen molar-refractivity contribution in [2.45, 2.75) is 31.8 Å². The molecule has 1 saturated carbocycles. The topological polar surface area (TPSA) is 40.5 Å². The summed E-state index contributed by atoms with van der Waals surface area (Å²) in [5, 5.41) is 19.2. The van der Waals surface area contributed by atoms with Gasteiger partial charge in [-0.2, -0.15) is 0 Å². The first-order valence-corrected chi connectivity index (χ1v) is 4.71. The number of benzene rings is 1. The zero-order valence-corrected chi connectivity index (χ0v) is 8.05. The third-order valence-corrected chi connectivity index (χ3v) is 2.80. The van der Waals surface area contributed by atoms with Crippen molar-refractivity contribution in [2.75, 3.05) is 0 Å². The minimum absolute atomic E-state index is 0.315. The standard InChI is InChI=1S/C11H13FO2/c1-7-2-3-9(12)10(13)8(7)6-11(14)4-5-11/h2-3,13-14H,4-6H2,1H3. The highest BCUT2D eigenvalue weighted by Crippen LogP contribution is 2.41. The van der Waals surface area contributed by atoms with E-state index in [1.807, 2.05) is 0 Å². The number of phenolic OH excluding ortho intramolecular Hbond substituents is 1. The lowest BCUT2D eigenvalue weighted by molar-refractivity contribution is 0.149. The van der Waals surface area contributed by atoms with Gasteiger partial charge in [-0.05, 0) is 31.4 Å². The second-order valence-electron chi connectivity index (χ2n) is 4.09. The third-order valence-electron chi connectivity index (χ3n) is 2.80. The summed E-state index contributed by atoms with van der Waals surface area (Å²) in [6.45, 7) is 1.81. The fraction of sp³-hybridized carbons (Fsp3) is 0.455. The molecule has 0 bridgehead atoms. The first kappa shape index (κ1) is 9.46. The molecule has 2 nitrogen and oxygen atoms in total. The molecule has 1 aromatic rings. The lowest BCUT2D eigenvalue weighted by Crippen LogP contribution is -2.12. The monoisotopic (exact) mass is 196 g/mol. The molecular weight excluding hydrogens is 183 g/mol. The summed E-state index contributed by atoms with van der Waals surface area (Å²) >= 11 is 0. The minimum atomic E-state index is -0.698. The maximum Gasteiger partial charge on any atom is 0.165 e. The van der Waals surface area contributed by atoms with Crippen LogP contribution in [0.5, 0.6) is 5.75 Å². The van der Waals surface area contributed by atoms with Gasteiger partial charge in [-0.25, -0.2) is 4.39 Å². The molecule has 0 radical (unpaired) electrons. The van der Waals surface area contributed by atoms with Crippen LogP contribution in [-0.4, -0.2) is 15.8 Å². The van der Waals surface area contributed by atoms with E-state index in [9.17, 15) is 14.6 Å². The molecule has 0 aliphatic heterocycles. The zero-order chi connectivity index (χ0) is 10.3. The minimum Gasteiger partial charge on any atom is -0.505 e. The third kappa shape index (κ3) is 1.60. The van der Waals surface area contributed by atoms with Crippen molar-refractivity contribution < 1.29 is 14.6 Å². The number of phenols is 1. The molecule has 0 aromatic heterocycles. The highest BCUT2D eigenvalue weighted by atomic mass is 19.1. The molecule has 0 unspecified atom stereocenters. The van der Waals surface area contributed by atoms with Gasteiger partial charge in [0.15, 0.2) is 11.6 Å². The Bertz CT molecular complexity index is 370. The van der Waals surface area contributed by atoms with Crippen molar-refractivity contribution in [1.29, 1.82) is 0 Å². The average Bonchev–Trinajstić information content (AvgIpc) is 2.86. The van der Waals surface area contributed by atoms with Gasteiger partial charge in [0.25, 0.3) is 0 Å². The Morgan fingerprint density at radius 3 is 2.64 bits per heavy atom. The Labute approximate surface area is 82.0 Å². The number of hydrogen-bond donors (Lipinski definition) is 2. The zero-order valence-electron chi connectivity index (χ0n) is 8.05. The summed E-state index contributed by atoms with van der Waals surface area (Å²) in [6.07, 6.45) is 1.83. The molecule has 2 N–H and O–H groups in total. The normalized spacial score (nSPS) is 18.2. The molecule has 1 fully saturated rings. The first-order valence-electron chi connectivity index (χ1n) is 4.71. The van der Waals surface area contributed by atoms with E-state index in [4.69, 9.17) is 0 Å². The fourth-order valence-corrected chi connectivity index (χ4v) is 1.58. The van der Waals surface area contributed by atoms with Crippen molar-refractivity contribution in [3.63, 3.8) is 0 Å². The van der Waals surface area contributed by atoms with Gasteiger partial charge in [0, 0.05) is 12.0 Å². The van der Waals surface area contributed by atoms with Gasteiger partial charge in [0.2, 0.25) is 0 Å². The van der Waals surface area contributed by atoms with Crippen molar-refractivity contribution in [1.82, 2.24) is 0 Å². The van der Waals surface area contributed by atoms with Crippen LogP contribution in [0, 0.1) is 12.7 Å². The molecule has 1 aromatic carbocycles. The van der Waals surface area contributed by atoms with Crippen LogP contribution in [0.1, 0.15) is 24.0 Å². The van der Waals surface area contributed by atoms with Crippen LogP contribution in [0.15, 0.2) is 12.1 Å². The van der Waals surface area contributed by atoms with E-state index >= 15 is 0 Å². The lowest BCUT2D eigenvalue weighted by atomic mass is 10.00. The van der Waals surface area contributed by atoms with E-state index in [0.29, 0.717) is 12.0 Å². The number of hydrogen-bond acceptors (Lipinski definition) is 2. The highest BCUT2D eigenvalue weighted by Gasteiger charge is 2.41. The van der Waals surface area contributed by atoms with E-state index < -0.39 is 11.4 Å². The summed E-state index contributed by atoms with van der Waals surface area (Å²) in [6, 6.07) is 2.86. The van der Waals surface area contributed by atoms with Crippen molar-refractivity contribution in [3.8, 4) is 5.75 Å². The fourth-order valence-electron chi connectivity index (χ4n) is 1.58. The van der Waals surface area contributed by atoms with E-state index in [2.05, 4.69) is 0 Å². The Morgan fingerprint density at radius 1 is 1.43 bits per heavy atom. The predicted molar refractivity (Wildman–Crippen MR) is 50.7 cm³/mol. The van der Waals surface area contributed by atoms with Gasteiger partial charge in [0.05, 0.1) is 5.60 Å². The Morgan fingerprint density at radius 2 is 2.07 bits per heavy atom. The number of rotatable bonds is 2. The summed E-state index contributed by atoms with van der Waals surface area (Å²) in [5.41, 5.74) is 0.657. The van der Waals surface area contributed by atoms with Crippen LogP contribution >= 0.6 is 0 Å². The summed E-state index contributed by atoms with van der Waals surface area (Å²) in [5.74, 6) is -0.930. The molecule has 0 heterocycles. The quantitative estimate of drug-likeness (QED) is 0.758. The molecule has 14 heavy (non-hydrogen) atoms.